The molecule has 1 saturated carbocycles. The van der Waals surface area contributed by atoms with E-state index in [-0.39, 0.29) is 0 Å². The molecule has 118 valence electrons. The SMILES string of the molecule is CC(C)NC1CC(Oc2cc(CCC(C)(C)C)ccn2)C1. The van der Waals surface area contributed by atoms with E-state index in [2.05, 4.69) is 57.1 Å². The summed E-state index contributed by atoms with van der Waals surface area (Å²) >= 11 is 0. The van der Waals surface area contributed by atoms with E-state index in [0.717, 1.165) is 25.1 Å². The van der Waals surface area contributed by atoms with Crippen LogP contribution in [0.4, 0.5) is 0 Å². The second kappa shape index (κ2) is 6.78. The predicted octanol–water partition coefficient (Wildman–Crippen LogP) is 3.97. The summed E-state index contributed by atoms with van der Waals surface area (Å²) < 4.78 is 5.98. The number of aryl methyl sites for hydroxylation is 1. The van der Waals surface area contributed by atoms with E-state index in [1.54, 1.807) is 0 Å². The van der Waals surface area contributed by atoms with Gasteiger partial charge in [0.1, 0.15) is 6.10 Å². The number of hydrogen-bond donors (Lipinski definition) is 1. The summed E-state index contributed by atoms with van der Waals surface area (Å²) in [7, 11) is 0. The van der Waals surface area contributed by atoms with Crippen LogP contribution < -0.4 is 10.1 Å². The van der Waals surface area contributed by atoms with Gasteiger partial charge in [-0.25, -0.2) is 4.98 Å². The highest BCUT2D eigenvalue weighted by Crippen LogP contribution is 2.27. The summed E-state index contributed by atoms with van der Waals surface area (Å²) in [6.07, 6.45) is 6.64. The normalized spacial score (nSPS) is 22.2. The number of hydrogen-bond acceptors (Lipinski definition) is 3. The number of ether oxygens (including phenoxy) is 1. The first kappa shape index (κ1) is 16.3. The van der Waals surface area contributed by atoms with Crippen molar-refractivity contribution < 1.29 is 4.74 Å². The lowest BCUT2D eigenvalue weighted by Gasteiger charge is -2.36. The van der Waals surface area contributed by atoms with Gasteiger partial charge in [-0.05, 0) is 42.7 Å². The quantitative estimate of drug-likeness (QED) is 0.861. The summed E-state index contributed by atoms with van der Waals surface area (Å²) in [6.45, 7) is 11.2. The molecular weight excluding hydrogens is 260 g/mol. The lowest BCUT2D eigenvalue weighted by atomic mass is 9.88. The Morgan fingerprint density at radius 2 is 2.05 bits per heavy atom. The zero-order valence-corrected chi connectivity index (χ0v) is 14.1. The van der Waals surface area contributed by atoms with Crippen molar-refractivity contribution in [1.29, 1.82) is 0 Å². The molecule has 0 saturated heterocycles. The van der Waals surface area contributed by atoms with Crippen LogP contribution in [0.15, 0.2) is 18.3 Å². The minimum absolute atomic E-state index is 0.326. The van der Waals surface area contributed by atoms with Crippen LogP contribution in [0.1, 0.15) is 59.4 Å². The zero-order valence-electron chi connectivity index (χ0n) is 14.1. The Labute approximate surface area is 129 Å². The van der Waals surface area contributed by atoms with Crippen LogP contribution in [0, 0.1) is 5.41 Å². The molecule has 1 aliphatic carbocycles. The summed E-state index contributed by atoms with van der Waals surface area (Å²) in [5, 5.41) is 3.54. The first-order valence-corrected chi connectivity index (χ1v) is 8.19. The molecule has 0 unspecified atom stereocenters. The molecule has 0 radical (unpaired) electrons. The van der Waals surface area contributed by atoms with Crippen LogP contribution in [0.3, 0.4) is 0 Å². The second-order valence-corrected chi connectivity index (χ2v) is 7.79. The maximum absolute atomic E-state index is 5.98. The first-order valence-electron chi connectivity index (χ1n) is 8.19. The molecule has 0 amide bonds. The highest BCUT2D eigenvalue weighted by molar-refractivity contribution is 5.21. The van der Waals surface area contributed by atoms with Crippen molar-refractivity contribution in [3.05, 3.63) is 23.9 Å². The van der Waals surface area contributed by atoms with Gasteiger partial charge in [0.05, 0.1) is 0 Å². The maximum Gasteiger partial charge on any atom is 0.213 e. The molecule has 1 aromatic heterocycles. The molecule has 1 aromatic rings. The van der Waals surface area contributed by atoms with Gasteiger partial charge in [0, 0.05) is 24.3 Å². The molecular formula is C18H30N2O. The van der Waals surface area contributed by atoms with Gasteiger partial charge < -0.3 is 10.1 Å². The van der Waals surface area contributed by atoms with Crippen LogP contribution in [-0.2, 0) is 6.42 Å². The second-order valence-electron chi connectivity index (χ2n) is 7.79. The standard InChI is InChI=1S/C18H30N2O/c1-13(2)20-15-11-16(12-15)21-17-10-14(7-9-19-17)6-8-18(3,4)5/h7,9-10,13,15-16,20H,6,8,11-12H2,1-5H3. The molecule has 0 aliphatic heterocycles. The summed E-state index contributed by atoms with van der Waals surface area (Å²) in [6, 6.07) is 5.37. The number of nitrogens with zero attached hydrogens (tertiary/aromatic N) is 1. The van der Waals surface area contributed by atoms with Crippen LogP contribution in [0.2, 0.25) is 0 Å². The van der Waals surface area contributed by atoms with Crippen molar-refractivity contribution >= 4 is 0 Å². The third-order valence-electron chi connectivity index (χ3n) is 3.91. The van der Waals surface area contributed by atoms with Crippen molar-refractivity contribution in [3.63, 3.8) is 0 Å². The van der Waals surface area contributed by atoms with E-state index in [9.17, 15) is 0 Å². The zero-order chi connectivity index (χ0) is 15.5. The van der Waals surface area contributed by atoms with Crippen molar-refractivity contribution in [1.82, 2.24) is 10.3 Å². The van der Waals surface area contributed by atoms with Gasteiger partial charge in [0.25, 0.3) is 0 Å². The predicted molar refractivity (Wildman–Crippen MR) is 87.7 cm³/mol. The number of rotatable bonds is 6. The van der Waals surface area contributed by atoms with E-state index in [1.165, 1.54) is 12.0 Å². The fourth-order valence-corrected chi connectivity index (χ4v) is 2.63. The molecule has 1 aliphatic rings. The van der Waals surface area contributed by atoms with E-state index in [0.29, 0.717) is 23.6 Å². The molecule has 3 heteroatoms. The average Bonchev–Trinajstić information content (AvgIpc) is 2.33. The summed E-state index contributed by atoms with van der Waals surface area (Å²) in [5.41, 5.74) is 1.69. The van der Waals surface area contributed by atoms with E-state index >= 15 is 0 Å². The molecule has 1 fully saturated rings. The van der Waals surface area contributed by atoms with Crippen molar-refractivity contribution in [2.24, 2.45) is 5.41 Å². The molecule has 3 nitrogen and oxygen atoms in total. The van der Waals surface area contributed by atoms with Gasteiger partial charge in [-0.1, -0.05) is 34.6 Å². The van der Waals surface area contributed by atoms with Gasteiger partial charge in [0.15, 0.2) is 0 Å². The Balaban J connectivity index is 1.80. The van der Waals surface area contributed by atoms with Crippen molar-refractivity contribution in [3.8, 4) is 5.88 Å². The van der Waals surface area contributed by atoms with Crippen LogP contribution in [-0.4, -0.2) is 23.2 Å². The van der Waals surface area contributed by atoms with Gasteiger partial charge >= 0.3 is 0 Å². The van der Waals surface area contributed by atoms with Gasteiger partial charge in [-0.2, -0.15) is 0 Å². The Kier molecular flexibility index (Phi) is 5.26. The fourth-order valence-electron chi connectivity index (χ4n) is 2.63. The molecule has 1 heterocycles. The van der Waals surface area contributed by atoms with E-state index in [1.807, 2.05) is 6.20 Å². The summed E-state index contributed by atoms with van der Waals surface area (Å²) in [4.78, 5) is 4.35. The molecule has 0 aromatic carbocycles. The maximum atomic E-state index is 5.98. The number of aromatic nitrogens is 1. The first-order chi connectivity index (χ1) is 9.82. The lowest BCUT2D eigenvalue weighted by molar-refractivity contribution is 0.0771. The highest BCUT2D eigenvalue weighted by atomic mass is 16.5. The van der Waals surface area contributed by atoms with Gasteiger partial charge in [-0.3, -0.25) is 0 Å². The van der Waals surface area contributed by atoms with Gasteiger partial charge in [-0.15, -0.1) is 0 Å². The molecule has 2 rings (SSSR count). The summed E-state index contributed by atoms with van der Waals surface area (Å²) in [5.74, 6) is 0.786. The molecule has 0 bridgehead atoms. The Morgan fingerprint density at radius 3 is 2.67 bits per heavy atom. The van der Waals surface area contributed by atoms with Crippen molar-refractivity contribution in [2.75, 3.05) is 0 Å². The highest BCUT2D eigenvalue weighted by Gasteiger charge is 2.31. The number of pyridine rings is 1. The molecule has 0 spiro atoms. The van der Waals surface area contributed by atoms with E-state index < -0.39 is 0 Å². The topological polar surface area (TPSA) is 34.1 Å². The lowest BCUT2D eigenvalue weighted by Crippen LogP contribution is -2.49. The minimum Gasteiger partial charge on any atom is -0.474 e. The Morgan fingerprint density at radius 1 is 1.33 bits per heavy atom. The van der Waals surface area contributed by atoms with Crippen LogP contribution >= 0.6 is 0 Å². The minimum atomic E-state index is 0.326. The smallest absolute Gasteiger partial charge is 0.213 e. The fraction of sp³-hybridized carbons (Fsp3) is 0.722. The largest absolute Gasteiger partial charge is 0.474 e. The third kappa shape index (κ3) is 5.66. The Hall–Kier alpha value is -1.09. The van der Waals surface area contributed by atoms with Crippen LogP contribution in [0.5, 0.6) is 5.88 Å². The monoisotopic (exact) mass is 290 g/mol. The average molecular weight is 290 g/mol. The van der Waals surface area contributed by atoms with E-state index in [4.69, 9.17) is 4.74 Å². The molecule has 0 atom stereocenters. The third-order valence-corrected chi connectivity index (χ3v) is 3.91. The molecule has 21 heavy (non-hydrogen) atoms. The van der Waals surface area contributed by atoms with Gasteiger partial charge in [0.2, 0.25) is 5.88 Å². The van der Waals surface area contributed by atoms with Crippen molar-refractivity contribution in [2.45, 2.75) is 78.5 Å². The Bertz CT molecular complexity index is 445. The molecule has 1 N–H and O–H groups in total. The van der Waals surface area contributed by atoms with Crippen LogP contribution in [0.25, 0.3) is 0 Å². The number of nitrogens with one attached hydrogen (secondary N) is 1.